The Morgan fingerprint density at radius 1 is 1.56 bits per heavy atom. The Labute approximate surface area is 90.5 Å². The third-order valence-electron chi connectivity index (χ3n) is 1.23. The fourth-order valence-electron chi connectivity index (χ4n) is 0.794. The van der Waals surface area contributed by atoms with Crippen LogP contribution in [0.3, 0.4) is 0 Å². The molecule has 0 bridgehead atoms. The van der Waals surface area contributed by atoms with Gasteiger partial charge in [0, 0.05) is 0 Å². The molecule has 0 saturated carbocycles. The van der Waals surface area contributed by atoms with Crippen molar-refractivity contribution in [2.45, 2.75) is 0 Å². The van der Waals surface area contributed by atoms with Gasteiger partial charge in [0.15, 0.2) is 5.96 Å². The summed E-state index contributed by atoms with van der Waals surface area (Å²) in [6.07, 6.45) is 0. The van der Waals surface area contributed by atoms with Gasteiger partial charge in [0.2, 0.25) is 0 Å². The number of guanidine groups is 1. The molecule has 84 valence electrons. The van der Waals surface area contributed by atoms with E-state index in [1.54, 1.807) is 24.3 Å². The van der Waals surface area contributed by atoms with E-state index in [-0.39, 0.29) is 5.96 Å². The fraction of sp³-hybridized carbons (Fsp3) is 0. The first-order valence-electron chi connectivity index (χ1n) is 3.88. The minimum Gasteiger partial charge on any atom is -0.370 e. The van der Waals surface area contributed by atoms with Gasteiger partial charge >= 0.3 is 0 Å². The van der Waals surface area contributed by atoms with Crippen molar-refractivity contribution >= 4 is 11.6 Å². The molecule has 1 rings (SSSR count). The molecular formula is C8H9N5O3. The number of nitrogens with two attached hydrogens (primary N) is 2. The van der Waals surface area contributed by atoms with Crippen molar-refractivity contribution in [3.8, 4) is 6.07 Å². The van der Waals surface area contributed by atoms with E-state index < -0.39 is 5.09 Å². The summed E-state index contributed by atoms with van der Waals surface area (Å²) >= 11 is 0. The third-order valence-corrected chi connectivity index (χ3v) is 1.23. The Bertz CT molecular complexity index is 430. The van der Waals surface area contributed by atoms with Crippen LogP contribution in [0.25, 0.3) is 0 Å². The molecule has 0 radical (unpaired) electrons. The lowest BCUT2D eigenvalue weighted by Crippen LogP contribution is -2.21. The predicted molar refractivity (Wildman–Crippen MR) is 55.4 cm³/mol. The molecule has 0 aliphatic rings. The average molecular weight is 223 g/mol. The molecule has 8 heteroatoms. The molecule has 5 N–H and O–H groups in total. The number of nitriles is 1. The van der Waals surface area contributed by atoms with Crippen molar-refractivity contribution < 1.29 is 10.3 Å². The number of nitrogens with zero attached hydrogens (tertiary/aromatic N) is 3. The zero-order chi connectivity index (χ0) is 12.6. The molecule has 0 saturated heterocycles. The molecule has 0 amide bonds. The minimum absolute atomic E-state index is 0.00918. The standard InChI is InChI=1S/C8H8N4.HNO3/c9-5-6-2-1-3-7(4-6)12-8(10)11;2-1(3)4/h1-4H,(H4,10,11,12);(H,2,3,4). The van der Waals surface area contributed by atoms with Crippen LogP contribution in [-0.4, -0.2) is 16.3 Å². The molecule has 0 aliphatic carbocycles. The summed E-state index contributed by atoms with van der Waals surface area (Å²) in [5.41, 5.74) is 11.5. The summed E-state index contributed by atoms with van der Waals surface area (Å²) in [5.74, 6) is -0.00918. The van der Waals surface area contributed by atoms with Crippen LogP contribution in [0.2, 0.25) is 0 Å². The molecule has 8 nitrogen and oxygen atoms in total. The van der Waals surface area contributed by atoms with Gasteiger partial charge in [-0.15, -0.1) is 10.1 Å². The quantitative estimate of drug-likeness (QED) is 0.266. The van der Waals surface area contributed by atoms with Gasteiger partial charge in [0.05, 0.1) is 17.3 Å². The Morgan fingerprint density at radius 2 is 2.12 bits per heavy atom. The molecule has 0 atom stereocenters. The highest BCUT2D eigenvalue weighted by atomic mass is 16.9. The van der Waals surface area contributed by atoms with Crippen LogP contribution in [0.5, 0.6) is 0 Å². The molecule has 0 unspecified atom stereocenters. The van der Waals surface area contributed by atoms with Gasteiger partial charge in [-0.05, 0) is 18.2 Å². The maximum Gasteiger partial charge on any atom is 0.291 e. The van der Waals surface area contributed by atoms with Crippen molar-refractivity contribution in [3.05, 3.63) is 39.9 Å². The van der Waals surface area contributed by atoms with Crippen molar-refractivity contribution in [1.29, 1.82) is 5.26 Å². The van der Waals surface area contributed by atoms with Crippen LogP contribution < -0.4 is 11.5 Å². The first-order chi connectivity index (χ1) is 7.45. The van der Waals surface area contributed by atoms with Gasteiger partial charge in [0.25, 0.3) is 5.09 Å². The van der Waals surface area contributed by atoms with Crippen LogP contribution in [0, 0.1) is 21.4 Å². The third kappa shape index (κ3) is 6.67. The highest BCUT2D eigenvalue weighted by molar-refractivity contribution is 5.79. The Balaban J connectivity index is 0.000000487. The van der Waals surface area contributed by atoms with Crippen molar-refractivity contribution in [2.75, 3.05) is 0 Å². The number of rotatable bonds is 1. The number of aliphatic imine (C=N–C) groups is 1. The Kier molecular flexibility index (Phi) is 5.44. The second kappa shape index (κ2) is 6.61. The van der Waals surface area contributed by atoms with Gasteiger partial charge in [-0.25, -0.2) is 4.99 Å². The van der Waals surface area contributed by atoms with E-state index in [4.69, 9.17) is 32.1 Å². The monoisotopic (exact) mass is 223 g/mol. The molecule has 1 aromatic carbocycles. The van der Waals surface area contributed by atoms with E-state index in [0.29, 0.717) is 11.3 Å². The average Bonchev–Trinajstić information content (AvgIpc) is 2.16. The van der Waals surface area contributed by atoms with Crippen molar-refractivity contribution in [2.24, 2.45) is 16.5 Å². The summed E-state index contributed by atoms with van der Waals surface area (Å²) in [6.45, 7) is 0. The second-order valence-electron chi connectivity index (χ2n) is 2.44. The van der Waals surface area contributed by atoms with Crippen molar-refractivity contribution in [3.63, 3.8) is 0 Å². The lowest BCUT2D eigenvalue weighted by molar-refractivity contribution is -0.742. The zero-order valence-electron chi connectivity index (χ0n) is 8.07. The smallest absolute Gasteiger partial charge is 0.291 e. The van der Waals surface area contributed by atoms with E-state index in [1.165, 1.54) is 0 Å². The van der Waals surface area contributed by atoms with E-state index in [9.17, 15) is 0 Å². The van der Waals surface area contributed by atoms with Crippen LogP contribution in [0.1, 0.15) is 5.56 Å². The summed E-state index contributed by atoms with van der Waals surface area (Å²) in [6, 6.07) is 8.73. The summed E-state index contributed by atoms with van der Waals surface area (Å²) in [4.78, 5) is 12.2. The number of hydrogen-bond donors (Lipinski definition) is 3. The zero-order valence-corrected chi connectivity index (χ0v) is 8.07. The van der Waals surface area contributed by atoms with Crippen LogP contribution in [0.4, 0.5) is 5.69 Å². The van der Waals surface area contributed by atoms with Gasteiger partial charge in [-0.1, -0.05) is 6.07 Å². The van der Waals surface area contributed by atoms with E-state index in [0.717, 1.165) is 0 Å². The normalized spacial score (nSPS) is 7.94. The van der Waals surface area contributed by atoms with Crippen LogP contribution in [0.15, 0.2) is 29.3 Å². The molecule has 0 aliphatic heterocycles. The summed E-state index contributed by atoms with van der Waals surface area (Å²) in [7, 11) is 0. The molecule has 0 fully saturated rings. The van der Waals surface area contributed by atoms with Gasteiger partial charge < -0.3 is 16.7 Å². The molecule has 1 aromatic rings. The first-order valence-corrected chi connectivity index (χ1v) is 3.88. The SMILES string of the molecule is N#Cc1cccc(N=C(N)N)c1.O=[N+]([O-])O. The predicted octanol–water partition coefficient (Wildman–Crippen LogP) is 0.115. The number of benzene rings is 1. The van der Waals surface area contributed by atoms with Crippen LogP contribution in [-0.2, 0) is 0 Å². The maximum absolute atomic E-state index is 8.54. The van der Waals surface area contributed by atoms with Gasteiger partial charge in [0.1, 0.15) is 0 Å². The Morgan fingerprint density at radius 3 is 2.56 bits per heavy atom. The van der Waals surface area contributed by atoms with E-state index >= 15 is 0 Å². The first kappa shape index (κ1) is 13.2. The second-order valence-corrected chi connectivity index (χ2v) is 2.44. The highest BCUT2D eigenvalue weighted by Crippen LogP contribution is 2.12. The van der Waals surface area contributed by atoms with Crippen molar-refractivity contribution in [1.82, 2.24) is 0 Å². The Hall–Kier alpha value is -2.82. The number of hydrogen-bond acceptors (Lipinski definition) is 4. The van der Waals surface area contributed by atoms with E-state index in [2.05, 4.69) is 4.99 Å². The highest BCUT2D eigenvalue weighted by Gasteiger charge is 1.92. The van der Waals surface area contributed by atoms with Crippen LogP contribution >= 0.6 is 0 Å². The molecular weight excluding hydrogens is 214 g/mol. The van der Waals surface area contributed by atoms with Gasteiger partial charge in [-0.3, -0.25) is 0 Å². The maximum atomic E-state index is 8.54. The summed E-state index contributed by atoms with van der Waals surface area (Å²) < 4.78 is 0. The summed E-state index contributed by atoms with van der Waals surface area (Å²) in [5, 5.41) is 22.2. The van der Waals surface area contributed by atoms with E-state index in [1.807, 2.05) is 6.07 Å². The minimum atomic E-state index is -1.50. The largest absolute Gasteiger partial charge is 0.370 e. The lowest BCUT2D eigenvalue weighted by atomic mass is 10.2. The molecule has 0 spiro atoms. The molecule has 0 heterocycles. The molecule has 0 aromatic heterocycles. The van der Waals surface area contributed by atoms with Gasteiger partial charge in [-0.2, -0.15) is 5.26 Å². The topological polar surface area (TPSA) is 152 Å². The molecule has 16 heavy (non-hydrogen) atoms. The lowest BCUT2D eigenvalue weighted by Gasteiger charge is -1.94. The fourth-order valence-corrected chi connectivity index (χ4v) is 0.794.